The first-order valence-corrected chi connectivity index (χ1v) is 5.38. The van der Waals surface area contributed by atoms with Gasteiger partial charge in [-0.3, -0.25) is 9.59 Å². The van der Waals surface area contributed by atoms with Crippen molar-refractivity contribution in [3.05, 3.63) is 16.6 Å². The molecule has 82 valence electrons. The molecule has 1 aromatic heterocycles. The number of aliphatic carboxylic acids is 1. The van der Waals surface area contributed by atoms with Gasteiger partial charge < -0.3 is 10.4 Å². The van der Waals surface area contributed by atoms with Crippen molar-refractivity contribution in [1.82, 2.24) is 10.3 Å². The van der Waals surface area contributed by atoms with Gasteiger partial charge in [0.25, 0.3) is 0 Å². The van der Waals surface area contributed by atoms with E-state index in [2.05, 4.69) is 10.3 Å². The minimum absolute atomic E-state index is 0.00501. The van der Waals surface area contributed by atoms with Crippen LogP contribution in [0.5, 0.6) is 0 Å². The third-order valence-electron chi connectivity index (χ3n) is 1.77. The molecule has 0 aliphatic carbocycles. The summed E-state index contributed by atoms with van der Waals surface area (Å²) < 4.78 is 0. The largest absolute Gasteiger partial charge is 0.481 e. The topological polar surface area (TPSA) is 79.3 Å². The first-order valence-electron chi connectivity index (χ1n) is 4.50. The molecule has 5 nitrogen and oxygen atoms in total. The Kier molecular flexibility index (Phi) is 4.23. The van der Waals surface area contributed by atoms with Crippen molar-refractivity contribution >= 4 is 23.2 Å². The highest BCUT2D eigenvalue weighted by molar-refractivity contribution is 7.09. The maximum Gasteiger partial charge on any atom is 0.303 e. The number of thiazole rings is 1. The van der Waals surface area contributed by atoms with Gasteiger partial charge in [0, 0.05) is 18.0 Å². The summed E-state index contributed by atoms with van der Waals surface area (Å²) in [4.78, 5) is 25.5. The first-order chi connectivity index (χ1) is 7.09. The molecule has 0 bridgehead atoms. The van der Waals surface area contributed by atoms with Crippen LogP contribution in [0.3, 0.4) is 0 Å². The lowest BCUT2D eigenvalue weighted by molar-refractivity contribution is -0.138. The normalized spacial score (nSPS) is 12.1. The van der Waals surface area contributed by atoms with Crippen LogP contribution in [0.15, 0.2) is 11.6 Å². The highest BCUT2D eigenvalue weighted by Gasteiger charge is 2.12. The third kappa shape index (κ3) is 4.07. The molecule has 1 rings (SSSR count). The molecule has 6 heteroatoms. The number of carbonyl (C=O) groups excluding carboxylic acids is 1. The number of aromatic nitrogens is 1. The molecule has 0 saturated carbocycles. The van der Waals surface area contributed by atoms with E-state index in [4.69, 9.17) is 5.11 Å². The molecule has 0 spiro atoms. The average Bonchev–Trinajstić information content (AvgIpc) is 2.67. The zero-order chi connectivity index (χ0) is 11.3. The van der Waals surface area contributed by atoms with Crippen molar-refractivity contribution in [2.24, 2.45) is 0 Å². The molecule has 2 N–H and O–H groups in total. The van der Waals surface area contributed by atoms with Crippen molar-refractivity contribution in [2.45, 2.75) is 25.8 Å². The van der Waals surface area contributed by atoms with Crippen LogP contribution >= 0.6 is 11.3 Å². The van der Waals surface area contributed by atoms with E-state index in [1.54, 1.807) is 6.20 Å². The van der Waals surface area contributed by atoms with E-state index in [-0.39, 0.29) is 24.8 Å². The molecule has 0 saturated heterocycles. The smallest absolute Gasteiger partial charge is 0.303 e. The van der Waals surface area contributed by atoms with Gasteiger partial charge in [0.2, 0.25) is 5.91 Å². The maximum absolute atomic E-state index is 11.3. The van der Waals surface area contributed by atoms with Gasteiger partial charge >= 0.3 is 5.97 Å². The molecule has 1 unspecified atom stereocenters. The second-order valence-corrected chi connectivity index (χ2v) is 3.98. The van der Waals surface area contributed by atoms with Crippen LogP contribution in [0.1, 0.15) is 30.8 Å². The Labute approximate surface area is 91.1 Å². The van der Waals surface area contributed by atoms with Crippen LogP contribution in [0, 0.1) is 0 Å². The molecule has 0 fully saturated rings. The Morgan fingerprint density at radius 2 is 2.33 bits per heavy atom. The number of hydrogen-bond donors (Lipinski definition) is 2. The number of hydrogen-bond acceptors (Lipinski definition) is 4. The summed E-state index contributed by atoms with van der Waals surface area (Å²) in [6.45, 7) is 1.82. The zero-order valence-corrected chi connectivity index (χ0v) is 9.08. The van der Waals surface area contributed by atoms with Crippen molar-refractivity contribution in [3.63, 3.8) is 0 Å². The summed E-state index contributed by atoms with van der Waals surface area (Å²) in [5, 5.41) is 13.7. The molecule has 0 aliphatic heterocycles. The van der Waals surface area contributed by atoms with Crippen LogP contribution in [-0.4, -0.2) is 22.0 Å². The van der Waals surface area contributed by atoms with Gasteiger partial charge in [-0.15, -0.1) is 11.3 Å². The van der Waals surface area contributed by atoms with Gasteiger partial charge in [-0.2, -0.15) is 0 Å². The standard InChI is InChI=1S/C9H12N2O3S/c1-6(9-10-4-5-15-9)11-7(12)2-3-8(13)14/h4-6H,2-3H2,1H3,(H,11,12)(H,13,14). The number of amides is 1. The Morgan fingerprint density at radius 1 is 1.60 bits per heavy atom. The minimum Gasteiger partial charge on any atom is -0.481 e. The fraction of sp³-hybridized carbons (Fsp3) is 0.444. The summed E-state index contributed by atoms with van der Waals surface area (Å²) in [5.41, 5.74) is 0. The van der Waals surface area contributed by atoms with Crippen LogP contribution in [0.25, 0.3) is 0 Å². The predicted octanol–water partition coefficient (Wildman–Crippen LogP) is 1.19. The fourth-order valence-corrected chi connectivity index (χ4v) is 1.69. The number of nitrogens with zero attached hydrogens (tertiary/aromatic N) is 1. The second kappa shape index (κ2) is 5.45. The SMILES string of the molecule is CC(NC(=O)CCC(=O)O)c1nccs1. The van der Waals surface area contributed by atoms with E-state index in [0.717, 1.165) is 5.01 Å². The van der Waals surface area contributed by atoms with Crippen LogP contribution in [0.4, 0.5) is 0 Å². The van der Waals surface area contributed by atoms with E-state index in [1.165, 1.54) is 11.3 Å². The monoisotopic (exact) mass is 228 g/mol. The number of nitrogens with one attached hydrogen (secondary N) is 1. The first kappa shape index (κ1) is 11.6. The fourth-order valence-electron chi connectivity index (χ4n) is 1.04. The number of carbonyl (C=O) groups is 2. The average molecular weight is 228 g/mol. The third-order valence-corrected chi connectivity index (χ3v) is 2.72. The van der Waals surface area contributed by atoms with Gasteiger partial charge in [0.15, 0.2) is 0 Å². The summed E-state index contributed by atoms with van der Waals surface area (Å²) in [5.74, 6) is -1.23. The van der Waals surface area contributed by atoms with Crippen molar-refractivity contribution < 1.29 is 14.7 Å². The van der Waals surface area contributed by atoms with E-state index < -0.39 is 5.97 Å². The molecule has 1 heterocycles. The van der Waals surface area contributed by atoms with Crippen molar-refractivity contribution in [3.8, 4) is 0 Å². The van der Waals surface area contributed by atoms with Gasteiger partial charge in [0.05, 0.1) is 12.5 Å². The Morgan fingerprint density at radius 3 is 2.87 bits per heavy atom. The van der Waals surface area contributed by atoms with Gasteiger partial charge in [-0.1, -0.05) is 0 Å². The van der Waals surface area contributed by atoms with Gasteiger partial charge in [0.1, 0.15) is 5.01 Å². The highest BCUT2D eigenvalue weighted by Crippen LogP contribution is 2.14. The maximum atomic E-state index is 11.3. The highest BCUT2D eigenvalue weighted by atomic mass is 32.1. The number of carboxylic acids is 1. The quantitative estimate of drug-likeness (QED) is 0.793. The number of rotatable bonds is 5. The zero-order valence-electron chi connectivity index (χ0n) is 8.27. The van der Waals surface area contributed by atoms with Crippen molar-refractivity contribution in [1.29, 1.82) is 0 Å². The molecule has 1 amide bonds. The summed E-state index contributed by atoms with van der Waals surface area (Å²) >= 11 is 1.46. The molecule has 0 radical (unpaired) electrons. The van der Waals surface area contributed by atoms with E-state index in [9.17, 15) is 9.59 Å². The van der Waals surface area contributed by atoms with E-state index in [1.807, 2.05) is 12.3 Å². The van der Waals surface area contributed by atoms with E-state index in [0.29, 0.717) is 0 Å². The lowest BCUT2D eigenvalue weighted by Gasteiger charge is -2.10. The molecule has 0 aliphatic rings. The van der Waals surface area contributed by atoms with Crippen molar-refractivity contribution in [2.75, 3.05) is 0 Å². The second-order valence-electron chi connectivity index (χ2n) is 3.05. The number of carboxylic acid groups (broad SMARTS) is 1. The van der Waals surface area contributed by atoms with Crippen LogP contribution in [-0.2, 0) is 9.59 Å². The molecular weight excluding hydrogens is 216 g/mol. The minimum atomic E-state index is -0.966. The molecule has 0 aromatic carbocycles. The Hall–Kier alpha value is -1.43. The summed E-state index contributed by atoms with van der Waals surface area (Å²) in [6.07, 6.45) is 1.53. The van der Waals surface area contributed by atoms with Crippen LogP contribution in [0.2, 0.25) is 0 Å². The summed E-state index contributed by atoms with van der Waals surface area (Å²) in [7, 11) is 0. The molecule has 1 atom stereocenters. The van der Waals surface area contributed by atoms with E-state index >= 15 is 0 Å². The van der Waals surface area contributed by atoms with Gasteiger partial charge in [-0.05, 0) is 6.92 Å². The molecule has 15 heavy (non-hydrogen) atoms. The van der Waals surface area contributed by atoms with Gasteiger partial charge in [-0.25, -0.2) is 4.98 Å². The Balaban J connectivity index is 2.35. The predicted molar refractivity (Wildman–Crippen MR) is 55.5 cm³/mol. The van der Waals surface area contributed by atoms with Crippen LogP contribution < -0.4 is 5.32 Å². The lowest BCUT2D eigenvalue weighted by atomic mass is 10.2. The lowest BCUT2D eigenvalue weighted by Crippen LogP contribution is -2.26. The molecule has 1 aromatic rings. The molecular formula is C9H12N2O3S. The summed E-state index contributed by atoms with van der Waals surface area (Å²) in [6, 6.07) is -0.161. The Bertz CT molecular complexity index is 337.